The molecular formula is C18H19N3O2. The summed E-state index contributed by atoms with van der Waals surface area (Å²) >= 11 is 0. The Kier molecular flexibility index (Phi) is 4.37. The highest BCUT2D eigenvalue weighted by Gasteiger charge is 2.22. The van der Waals surface area contributed by atoms with Crippen LogP contribution in [0.3, 0.4) is 0 Å². The number of carbonyl (C=O) groups excluding carboxylic acids is 1. The Morgan fingerprint density at radius 3 is 2.83 bits per heavy atom. The first kappa shape index (κ1) is 15.2. The van der Waals surface area contributed by atoms with Crippen LogP contribution in [0.2, 0.25) is 0 Å². The third-order valence-corrected chi connectivity index (χ3v) is 4.05. The topological polar surface area (TPSA) is 55.2 Å². The van der Waals surface area contributed by atoms with Gasteiger partial charge < -0.3 is 4.90 Å². The maximum absolute atomic E-state index is 12.5. The van der Waals surface area contributed by atoms with E-state index in [1.54, 1.807) is 22.7 Å². The van der Waals surface area contributed by atoms with Gasteiger partial charge in [-0.2, -0.15) is 0 Å². The molecule has 0 spiro atoms. The highest BCUT2D eigenvalue weighted by Crippen LogP contribution is 2.13. The van der Waals surface area contributed by atoms with E-state index >= 15 is 0 Å². The van der Waals surface area contributed by atoms with Crippen LogP contribution in [0.5, 0.6) is 0 Å². The van der Waals surface area contributed by atoms with Crippen LogP contribution in [-0.4, -0.2) is 26.9 Å². The van der Waals surface area contributed by atoms with Crippen molar-refractivity contribution in [1.82, 2.24) is 14.5 Å². The van der Waals surface area contributed by atoms with Crippen molar-refractivity contribution < 1.29 is 4.79 Å². The Labute approximate surface area is 134 Å². The third-order valence-electron chi connectivity index (χ3n) is 4.05. The van der Waals surface area contributed by atoms with Gasteiger partial charge in [-0.25, -0.2) is 4.98 Å². The highest BCUT2D eigenvalue weighted by atomic mass is 16.2. The molecule has 2 heterocycles. The van der Waals surface area contributed by atoms with Gasteiger partial charge in [0.1, 0.15) is 0 Å². The zero-order valence-corrected chi connectivity index (χ0v) is 13.1. The van der Waals surface area contributed by atoms with Crippen molar-refractivity contribution >= 4 is 12.0 Å². The first-order chi connectivity index (χ1) is 11.1. The van der Waals surface area contributed by atoms with Gasteiger partial charge in [0.25, 0.3) is 5.56 Å². The first-order valence-corrected chi connectivity index (χ1v) is 7.69. The minimum Gasteiger partial charge on any atom is -0.337 e. The van der Waals surface area contributed by atoms with E-state index in [2.05, 4.69) is 4.98 Å². The maximum Gasteiger partial charge on any atom is 0.257 e. The summed E-state index contributed by atoms with van der Waals surface area (Å²) in [5.74, 6) is 0.0208. The lowest BCUT2D eigenvalue weighted by molar-refractivity contribution is -0.129. The summed E-state index contributed by atoms with van der Waals surface area (Å²) in [5.41, 5.74) is 2.55. The van der Waals surface area contributed by atoms with E-state index in [9.17, 15) is 9.59 Å². The smallest absolute Gasteiger partial charge is 0.257 e. The van der Waals surface area contributed by atoms with E-state index in [0.717, 1.165) is 16.8 Å². The zero-order chi connectivity index (χ0) is 16.2. The normalized spacial score (nSPS) is 14.0. The summed E-state index contributed by atoms with van der Waals surface area (Å²) in [5, 5.41) is 0. The average Bonchev–Trinajstić information content (AvgIpc) is 2.57. The van der Waals surface area contributed by atoms with E-state index in [1.807, 2.05) is 42.5 Å². The van der Waals surface area contributed by atoms with Crippen LogP contribution in [0.25, 0.3) is 6.08 Å². The van der Waals surface area contributed by atoms with E-state index in [4.69, 9.17) is 0 Å². The molecule has 0 fully saturated rings. The van der Waals surface area contributed by atoms with Crippen LogP contribution in [0.15, 0.2) is 47.5 Å². The summed E-state index contributed by atoms with van der Waals surface area (Å²) in [6.45, 7) is 3.05. The molecule has 1 aliphatic rings. The average molecular weight is 309 g/mol. The van der Waals surface area contributed by atoms with Crippen LogP contribution in [0, 0.1) is 0 Å². The van der Waals surface area contributed by atoms with Crippen molar-refractivity contribution in [2.45, 2.75) is 26.4 Å². The van der Waals surface area contributed by atoms with Crippen LogP contribution in [0.1, 0.15) is 23.7 Å². The molecule has 0 bridgehead atoms. The van der Waals surface area contributed by atoms with Gasteiger partial charge >= 0.3 is 0 Å². The predicted octanol–water partition coefficient (Wildman–Crippen LogP) is 1.86. The Morgan fingerprint density at radius 2 is 2.09 bits per heavy atom. The summed E-state index contributed by atoms with van der Waals surface area (Å²) in [6.07, 6.45) is 6.09. The standard InChI is InChI=1S/C18H19N3O2/c1-14(22)20-11-9-16-17(12-20)19-13-21(18(16)23)10-5-8-15-6-3-2-4-7-15/h2-8,13H,9-12H2,1H3/b8-5+. The molecule has 23 heavy (non-hydrogen) atoms. The molecule has 0 radical (unpaired) electrons. The zero-order valence-electron chi connectivity index (χ0n) is 13.1. The maximum atomic E-state index is 12.5. The van der Waals surface area contributed by atoms with Gasteiger partial charge in [0.15, 0.2) is 0 Å². The van der Waals surface area contributed by atoms with Gasteiger partial charge in [-0.3, -0.25) is 14.2 Å². The lowest BCUT2D eigenvalue weighted by Crippen LogP contribution is -2.39. The molecule has 2 aromatic rings. The minimum absolute atomic E-state index is 0.00378. The number of hydrogen-bond donors (Lipinski definition) is 0. The lowest BCUT2D eigenvalue weighted by atomic mass is 10.1. The van der Waals surface area contributed by atoms with Gasteiger partial charge in [-0.15, -0.1) is 0 Å². The van der Waals surface area contributed by atoms with Gasteiger partial charge in [0, 0.05) is 25.6 Å². The van der Waals surface area contributed by atoms with Crippen molar-refractivity contribution in [1.29, 1.82) is 0 Å². The number of carbonyl (C=O) groups is 1. The third kappa shape index (κ3) is 3.39. The van der Waals surface area contributed by atoms with Crippen molar-refractivity contribution in [3.05, 3.63) is 69.9 Å². The molecule has 0 saturated carbocycles. The molecule has 0 atom stereocenters. The molecule has 1 aliphatic heterocycles. The molecular weight excluding hydrogens is 290 g/mol. The van der Waals surface area contributed by atoms with Gasteiger partial charge in [0.2, 0.25) is 5.91 Å². The number of nitrogens with zero attached hydrogens (tertiary/aromatic N) is 3. The fraction of sp³-hybridized carbons (Fsp3) is 0.278. The largest absolute Gasteiger partial charge is 0.337 e. The molecule has 1 aromatic heterocycles. The van der Waals surface area contributed by atoms with Gasteiger partial charge in [-0.1, -0.05) is 42.5 Å². The molecule has 0 N–H and O–H groups in total. The lowest BCUT2D eigenvalue weighted by Gasteiger charge is -2.26. The number of fused-ring (bicyclic) bond motifs is 1. The molecule has 1 amide bonds. The molecule has 0 saturated heterocycles. The number of amides is 1. The second-order valence-electron chi connectivity index (χ2n) is 5.63. The Hall–Kier alpha value is -2.69. The number of rotatable bonds is 3. The Morgan fingerprint density at radius 1 is 1.30 bits per heavy atom. The Balaban J connectivity index is 1.77. The Bertz CT molecular complexity index is 794. The van der Waals surface area contributed by atoms with E-state index in [1.165, 1.54) is 0 Å². The van der Waals surface area contributed by atoms with E-state index < -0.39 is 0 Å². The second-order valence-corrected chi connectivity index (χ2v) is 5.63. The highest BCUT2D eigenvalue weighted by molar-refractivity contribution is 5.73. The molecule has 0 unspecified atom stereocenters. The van der Waals surface area contributed by atoms with Crippen LogP contribution < -0.4 is 5.56 Å². The summed E-state index contributed by atoms with van der Waals surface area (Å²) in [4.78, 5) is 30.1. The summed E-state index contributed by atoms with van der Waals surface area (Å²) in [7, 11) is 0. The number of benzene rings is 1. The SMILES string of the molecule is CC(=O)N1CCc2c(ncn(C/C=C/c3ccccc3)c2=O)C1. The molecule has 1 aromatic carbocycles. The molecule has 5 heteroatoms. The number of aromatic nitrogens is 2. The minimum atomic E-state index is -0.00378. The molecule has 5 nitrogen and oxygen atoms in total. The fourth-order valence-corrected chi connectivity index (χ4v) is 2.73. The molecule has 118 valence electrons. The van der Waals surface area contributed by atoms with E-state index in [0.29, 0.717) is 26.1 Å². The summed E-state index contributed by atoms with van der Waals surface area (Å²) in [6, 6.07) is 9.96. The number of hydrogen-bond acceptors (Lipinski definition) is 3. The fourth-order valence-electron chi connectivity index (χ4n) is 2.73. The summed E-state index contributed by atoms with van der Waals surface area (Å²) < 4.78 is 1.61. The van der Waals surface area contributed by atoms with Gasteiger partial charge in [-0.05, 0) is 12.0 Å². The van der Waals surface area contributed by atoms with Crippen molar-refractivity contribution in [3.63, 3.8) is 0 Å². The van der Waals surface area contributed by atoms with Crippen LogP contribution >= 0.6 is 0 Å². The van der Waals surface area contributed by atoms with Crippen molar-refractivity contribution in [2.24, 2.45) is 0 Å². The monoisotopic (exact) mass is 309 g/mol. The van der Waals surface area contributed by atoms with Gasteiger partial charge in [0.05, 0.1) is 18.6 Å². The quantitative estimate of drug-likeness (QED) is 0.869. The van der Waals surface area contributed by atoms with Crippen LogP contribution in [0.4, 0.5) is 0 Å². The predicted molar refractivity (Wildman–Crippen MR) is 88.8 cm³/mol. The first-order valence-electron chi connectivity index (χ1n) is 7.69. The molecule has 0 aliphatic carbocycles. The molecule has 3 rings (SSSR count). The van der Waals surface area contributed by atoms with Crippen LogP contribution in [-0.2, 0) is 24.3 Å². The van der Waals surface area contributed by atoms with Crippen molar-refractivity contribution in [2.75, 3.05) is 6.54 Å². The van der Waals surface area contributed by atoms with E-state index in [-0.39, 0.29) is 11.5 Å². The van der Waals surface area contributed by atoms with Crippen molar-refractivity contribution in [3.8, 4) is 0 Å². The second kappa shape index (κ2) is 6.60. The number of allylic oxidation sites excluding steroid dienone is 1.